The van der Waals surface area contributed by atoms with Crippen molar-refractivity contribution < 1.29 is 26.3 Å². The molecule has 0 rings (SSSR count). The normalized spacial score (nSPS) is 13.1. The van der Waals surface area contributed by atoms with Crippen LogP contribution in [0.4, 0.5) is 13.2 Å². The lowest BCUT2D eigenvalue weighted by atomic mass is 10.3. The molecule has 0 aromatic rings. The lowest BCUT2D eigenvalue weighted by molar-refractivity contribution is -0.137. The maximum atomic E-state index is 11.6. The van der Waals surface area contributed by atoms with Gasteiger partial charge in [0.15, 0.2) is 0 Å². The number of hydrogen-bond acceptors (Lipinski definition) is 3. The van der Waals surface area contributed by atoms with Crippen molar-refractivity contribution in [1.29, 1.82) is 0 Å². The average molecular weight is 235 g/mol. The lowest BCUT2D eigenvalue weighted by Gasteiger charge is -2.06. The number of sulfonamides is 1. The first-order chi connectivity index (χ1) is 6.21. The summed E-state index contributed by atoms with van der Waals surface area (Å²) in [6.45, 7) is -0.286. The van der Waals surface area contributed by atoms with Crippen molar-refractivity contribution in [1.82, 2.24) is 0 Å². The Morgan fingerprint density at radius 2 is 1.79 bits per heavy atom. The third-order valence-electron chi connectivity index (χ3n) is 1.26. The Balaban J connectivity index is 3.32. The average Bonchev–Trinajstić information content (AvgIpc) is 1.92. The van der Waals surface area contributed by atoms with E-state index in [1.165, 1.54) is 0 Å². The summed E-state index contributed by atoms with van der Waals surface area (Å²) in [5, 5.41) is 4.63. The van der Waals surface area contributed by atoms with Gasteiger partial charge in [-0.15, -0.1) is 0 Å². The van der Waals surface area contributed by atoms with E-state index in [0.29, 0.717) is 0 Å². The molecule has 4 nitrogen and oxygen atoms in total. The van der Waals surface area contributed by atoms with E-state index in [4.69, 9.17) is 0 Å². The van der Waals surface area contributed by atoms with E-state index >= 15 is 0 Å². The molecule has 0 spiro atoms. The third-order valence-corrected chi connectivity index (χ3v) is 2.00. The van der Waals surface area contributed by atoms with E-state index < -0.39 is 22.6 Å². The molecule has 8 heteroatoms. The molecule has 86 valence electrons. The molecule has 0 bridgehead atoms. The van der Waals surface area contributed by atoms with E-state index in [2.05, 4.69) is 9.88 Å². The number of primary sulfonamides is 1. The Morgan fingerprint density at radius 3 is 2.21 bits per heavy atom. The highest BCUT2D eigenvalue weighted by Gasteiger charge is 2.25. The molecule has 0 aromatic heterocycles. The van der Waals surface area contributed by atoms with Crippen LogP contribution in [0.3, 0.4) is 0 Å². The minimum Gasteiger partial charge on any atom is -0.380 e. The molecular weight excluding hydrogens is 223 g/mol. The summed E-state index contributed by atoms with van der Waals surface area (Å²) in [5.74, 6) is -0.376. The van der Waals surface area contributed by atoms with Gasteiger partial charge in [-0.25, -0.2) is 13.6 Å². The molecule has 0 atom stereocenters. The van der Waals surface area contributed by atoms with Crippen molar-refractivity contribution in [3.05, 3.63) is 0 Å². The summed E-state index contributed by atoms with van der Waals surface area (Å²) in [5.41, 5.74) is 0. The van der Waals surface area contributed by atoms with Gasteiger partial charge in [0.2, 0.25) is 10.0 Å². The molecule has 0 saturated heterocycles. The van der Waals surface area contributed by atoms with Gasteiger partial charge in [-0.05, 0) is 6.42 Å². The molecule has 0 amide bonds. The second kappa shape index (κ2) is 5.52. The lowest BCUT2D eigenvalue weighted by Crippen LogP contribution is -2.20. The number of rotatable bonds is 6. The Hall–Kier alpha value is -0.340. The van der Waals surface area contributed by atoms with Crippen LogP contribution < -0.4 is 5.14 Å². The molecule has 0 radical (unpaired) electrons. The van der Waals surface area contributed by atoms with Crippen molar-refractivity contribution in [3.8, 4) is 0 Å². The van der Waals surface area contributed by atoms with Gasteiger partial charge in [0.1, 0.15) is 0 Å². The van der Waals surface area contributed by atoms with Crippen LogP contribution in [0.1, 0.15) is 12.8 Å². The summed E-state index contributed by atoms with van der Waals surface area (Å²) >= 11 is 0. The zero-order valence-corrected chi connectivity index (χ0v) is 8.20. The summed E-state index contributed by atoms with van der Waals surface area (Å²) in [6.07, 6.45) is -5.29. The fraction of sp³-hybridized carbons (Fsp3) is 1.00. The van der Waals surface area contributed by atoms with Crippen LogP contribution in [0.25, 0.3) is 0 Å². The Morgan fingerprint density at radius 1 is 1.21 bits per heavy atom. The predicted octanol–water partition coefficient (Wildman–Crippen LogP) is 0.634. The van der Waals surface area contributed by atoms with Gasteiger partial charge in [0.05, 0.1) is 12.4 Å². The number of nitrogens with two attached hydrogens (primary N) is 1. The van der Waals surface area contributed by atoms with Gasteiger partial charge < -0.3 is 4.74 Å². The SMILES string of the molecule is NS(=O)(=O)CCOCCCC(F)(F)F. The predicted molar refractivity (Wildman–Crippen MR) is 44.1 cm³/mol. The van der Waals surface area contributed by atoms with E-state index in [9.17, 15) is 21.6 Å². The van der Waals surface area contributed by atoms with Gasteiger partial charge in [-0.1, -0.05) is 0 Å². The van der Waals surface area contributed by atoms with Crippen LogP contribution in [-0.4, -0.2) is 33.6 Å². The molecule has 2 N–H and O–H groups in total. The first kappa shape index (κ1) is 13.7. The highest BCUT2D eigenvalue weighted by molar-refractivity contribution is 7.89. The quantitative estimate of drug-likeness (QED) is 0.686. The van der Waals surface area contributed by atoms with Gasteiger partial charge in [0, 0.05) is 13.0 Å². The maximum Gasteiger partial charge on any atom is 0.389 e. The number of ether oxygens (including phenoxy) is 1. The summed E-state index contributed by atoms with van der Waals surface area (Å²) < 4.78 is 60.1. The van der Waals surface area contributed by atoms with Crippen LogP contribution in [0, 0.1) is 0 Å². The van der Waals surface area contributed by atoms with E-state index in [0.717, 1.165) is 0 Å². The number of halogens is 3. The molecular formula is C6H12F3NO3S. The van der Waals surface area contributed by atoms with Gasteiger partial charge in [-0.2, -0.15) is 13.2 Å². The zero-order valence-electron chi connectivity index (χ0n) is 7.38. The van der Waals surface area contributed by atoms with Gasteiger partial charge in [-0.3, -0.25) is 0 Å². The summed E-state index contributed by atoms with van der Waals surface area (Å²) in [7, 11) is -3.59. The van der Waals surface area contributed by atoms with Crippen molar-refractivity contribution in [2.75, 3.05) is 19.0 Å². The molecule has 0 unspecified atom stereocenters. The van der Waals surface area contributed by atoms with Crippen molar-refractivity contribution >= 4 is 10.0 Å². The fourth-order valence-corrected chi connectivity index (χ4v) is 1.00. The Bertz CT molecular complexity index is 250. The second-order valence-corrected chi connectivity index (χ2v) is 4.43. The largest absolute Gasteiger partial charge is 0.389 e. The van der Waals surface area contributed by atoms with Crippen molar-refractivity contribution in [3.63, 3.8) is 0 Å². The molecule has 0 aliphatic rings. The Labute approximate surface area is 80.3 Å². The number of alkyl halides is 3. The van der Waals surface area contributed by atoms with Crippen LogP contribution in [0.5, 0.6) is 0 Å². The maximum absolute atomic E-state index is 11.6. The number of hydrogen-bond donors (Lipinski definition) is 1. The van der Waals surface area contributed by atoms with Gasteiger partial charge >= 0.3 is 6.18 Å². The molecule has 0 aromatic carbocycles. The van der Waals surface area contributed by atoms with Crippen LogP contribution in [-0.2, 0) is 14.8 Å². The first-order valence-electron chi connectivity index (χ1n) is 3.86. The minimum atomic E-state index is -4.19. The monoisotopic (exact) mass is 235 g/mol. The van der Waals surface area contributed by atoms with Crippen LogP contribution >= 0.6 is 0 Å². The van der Waals surface area contributed by atoms with Crippen molar-refractivity contribution in [2.24, 2.45) is 5.14 Å². The van der Waals surface area contributed by atoms with Crippen molar-refractivity contribution in [2.45, 2.75) is 19.0 Å². The molecule has 0 aliphatic heterocycles. The molecule has 0 fully saturated rings. The van der Waals surface area contributed by atoms with Crippen LogP contribution in [0.15, 0.2) is 0 Å². The second-order valence-electron chi connectivity index (χ2n) is 2.70. The molecule has 0 heterocycles. The van der Waals surface area contributed by atoms with Crippen LogP contribution in [0.2, 0.25) is 0 Å². The summed E-state index contributed by atoms with van der Waals surface area (Å²) in [4.78, 5) is 0. The minimum absolute atomic E-state index is 0.116. The standard InChI is InChI=1S/C6H12F3NO3S/c7-6(8,9)2-1-3-13-4-5-14(10,11)12/h1-5H2,(H2,10,11,12). The topological polar surface area (TPSA) is 69.4 Å². The molecule has 0 aliphatic carbocycles. The van der Waals surface area contributed by atoms with E-state index in [-0.39, 0.29) is 25.4 Å². The van der Waals surface area contributed by atoms with E-state index in [1.54, 1.807) is 0 Å². The fourth-order valence-electron chi connectivity index (χ4n) is 0.652. The summed E-state index contributed by atoms with van der Waals surface area (Å²) in [6, 6.07) is 0. The molecule has 14 heavy (non-hydrogen) atoms. The molecule has 0 saturated carbocycles. The van der Waals surface area contributed by atoms with Gasteiger partial charge in [0.25, 0.3) is 0 Å². The smallest absolute Gasteiger partial charge is 0.380 e. The van der Waals surface area contributed by atoms with E-state index in [1.807, 2.05) is 0 Å². The first-order valence-corrected chi connectivity index (χ1v) is 5.57. The Kier molecular flexibility index (Phi) is 5.38. The highest BCUT2D eigenvalue weighted by atomic mass is 32.2. The third kappa shape index (κ3) is 11.7. The zero-order chi connectivity index (χ0) is 11.2. The highest BCUT2D eigenvalue weighted by Crippen LogP contribution is 2.20.